The van der Waals surface area contributed by atoms with Crippen molar-refractivity contribution in [1.82, 2.24) is 29.9 Å². The highest BCUT2D eigenvalue weighted by molar-refractivity contribution is 5.81. The number of nitrogens with one attached hydrogen (secondary N) is 1. The monoisotopic (exact) mass is 387 g/mol. The van der Waals surface area contributed by atoms with Crippen molar-refractivity contribution in [1.29, 1.82) is 0 Å². The summed E-state index contributed by atoms with van der Waals surface area (Å²) in [6.45, 7) is 4.79. The Bertz CT molecular complexity index is 1150. The second-order valence-electron chi connectivity index (χ2n) is 7.06. The minimum absolute atomic E-state index is 0.370. The fourth-order valence-corrected chi connectivity index (χ4v) is 2.94. The van der Waals surface area contributed by atoms with Gasteiger partial charge in [0.05, 0.1) is 23.4 Å². The number of hydrogen-bond donors (Lipinski definition) is 1. The van der Waals surface area contributed by atoms with Crippen LogP contribution in [0.25, 0.3) is 22.2 Å². The van der Waals surface area contributed by atoms with Crippen molar-refractivity contribution < 1.29 is 4.79 Å². The number of rotatable bonds is 7. The predicted molar refractivity (Wildman–Crippen MR) is 111 cm³/mol. The molecule has 0 saturated heterocycles. The minimum Gasteiger partial charge on any atom is -0.323 e. The largest absolute Gasteiger partial charge is 0.323 e. The van der Waals surface area contributed by atoms with Gasteiger partial charge in [0, 0.05) is 36.5 Å². The number of carbonyl (C=O) groups excluding carboxylic acids is 1. The van der Waals surface area contributed by atoms with Gasteiger partial charge in [-0.15, -0.1) is 5.10 Å². The maximum Gasteiger partial charge on any atom is 0.154 e. The first kappa shape index (κ1) is 18.7. The summed E-state index contributed by atoms with van der Waals surface area (Å²) >= 11 is 0. The summed E-state index contributed by atoms with van der Waals surface area (Å²) in [5.74, 6) is 1.70. The third kappa shape index (κ3) is 4.26. The Kier molecular flexibility index (Phi) is 5.24. The van der Waals surface area contributed by atoms with Gasteiger partial charge in [-0.25, -0.2) is 4.98 Å². The molecular formula is C21H21N7O. The fraction of sp³-hybridized carbons (Fsp3) is 0.238. The predicted octanol–water partition coefficient (Wildman–Crippen LogP) is 3.74. The van der Waals surface area contributed by atoms with Crippen LogP contribution in [0.4, 0.5) is 11.6 Å². The molecule has 0 fully saturated rings. The molecule has 4 aromatic heterocycles. The number of nitrogens with zero attached hydrogens (tertiary/aromatic N) is 6. The normalized spacial score (nSPS) is 11.1. The summed E-state index contributed by atoms with van der Waals surface area (Å²) in [6, 6.07) is 7.74. The van der Waals surface area contributed by atoms with E-state index in [1.54, 1.807) is 23.3 Å². The van der Waals surface area contributed by atoms with Crippen LogP contribution in [0, 0.1) is 0 Å². The van der Waals surface area contributed by atoms with Crippen molar-refractivity contribution in [2.24, 2.45) is 0 Å². The van der Waals surface area contributed by atoms with E-state index in [-0.39, 0.29) is 0 Å². The molecule has 29 heavy (non-hydrogen) atoms. The third-order valence-electron chi connectivity index (χ3n) is 4.58. The average Bonchev–Trinajstić information content (AvgIpc) is 3.21. The SMILES string of the molecule is CC(C)c1cnnc(Nc2ccc3ncc(-c4cnn(CCC=O)c4)cc3n2)c1. The first-order valence-electron chi connectivity index (χ1n) is 9.45. The van der Waals surface area contributed by atoms with Gasteiger partial charge < -0.3 is 10.1 Å². The van der Waals surface area contributed by atoms with E-state index in [1.165, 1.54) is 0 Å². The standard InChI is InChI=1S/C21H21N7O/c1-14(2)15-9-21(27-23-11-15)26-20-5-4-18-19(25-20)8-16(10-22-18)17-12-24-28(13-17)6-3-7-29/h4-5,7-14H,3,6H2,1-2H3,(H,25,26,27). The summed E-state index contributed by atoms with van der Waals surface area (Å²) in [5.41, 5.74) is 4.52. The quantitative estimate of drug-likeness (QED) is 0.482. The number of aryl methyl sites for hydroxylation is 1. The van der Waals surface area contributed by atoms with Gasteiger partial charge in [0.2, 0.25) is 0 Å². The number of anilines is 2. The zero-order chi connectivity index (χ0) is 20.2. The van der Waals surface area contributed by atoms with Gasteiger partial charge in [-0.1, -0.05) is 13.8 Å². The van der Waals surface area contributed by atoms with E-state index in [2.05, 4.69) is 44.4 Å². The second-order valence-corrected chi connectivity index (χ2v) is 7.06. The van der Waals surface area contributed by atoms with Gasteiger partial charge >= 0.3 is 0 Å². The molecule has 0 saturated carbocycles. The fourth-order valence-electron chi connectivity index (χ4n) is 2.94. The van der Waals surface area contributed by atoms with Crippen molar-refractivity contribution >= 4 is 29.0 Å². The topological polar surface area (TPSA) is 98.5 Å². The van der Waals surface area contributed by atoms with Crippen LogP contribution >= 0.6 is 0 Å². The molecule has 1 N–H and O–H groups in total. The Morgan fingerprint density at radius 1 is 1.07 bits per heavy atom. The van der Waals surface area contributed by atoms with Gasteiger partial charge in [0.15, 0.2) is 5.82 Å². The van der Waals surface area contributed by atoms with Gasteiger partial charge in [0.1, 0.15) is 12.1 Å². The number of aldehydes is 1. The highest BCUT2D eigenvalue weighted by Crippen LogP contribution is 2.24. The van der Waals surface area contributed by atoms with Gasteiger partial charge in [-0.2, -0.15) is 10.2 Å². The molecule has 4 rings (SSSR count). The second kappa shape index (κ2) is 8.14. The lowest BCUT2D eigenvalue weighted by molar-refractivity contribution is -0.108. The Labute approximate surface area is 168 Å². The first-order valence-corrected chi connectivity index (χ1v) is 9.45. The van der Waals surface area contributed by atoms with Crippen LogP contribution in [-0.4, -0.2) is 36.2 Å². The molecule has 0 amide bonds. The van der Waals surface area contributed by atoms with Crippen molar-refractivity contribution in [3.8, 4) is 11.1 Å². The van der Waals surface area contributed by atoms with E-state index in [0.29, 0.717) is 30.5 Å². The molecule has 0 aromatic carbocycles. The Morgan fingerprint density at radius 3 is 2.79 bits per heavy atom. The molecule has 0 aliphatic heterocycles. The molecule has 0 unspecified atom stereocenters. The van der Waals surface area contributed by atoms with E-state index >= 15 is 0 Å². The molecule has 0 bridgehead atoms. The van der Waals surface area contributed by atoms with Crippen molar-refractivity contribution in [3.05, 3.63) is 54.6 Å². The molecule has 4 heterocycles. The van der Waals surface area contributed by atoms with Crippen LogP contribution < -0.4 is 5.32 Å². The lowest BCUT2D eigenvalue weighted by Crippen LogP contribution is -2.00. The summed E-state index contributed by atoms with van der Waals surface area (Å²) in [7, 11) is 0. The lowest BCUT2D eigenvalue weighted by atomic mass is 10.1. The highest BCUT2D eigenvalue weighted by Gasteiger charge is 2.08. The maximum absolute atomic E-state index is 10.5. The minimum atomic E-state index is 0.370. The first-order chi connectivity index (χ1) is 14.1. The average molecular weight is 387 g/mol. The smallest absolute Gasteiger partial charge is 0.154 e. The van der Waals surface area contributed by atoms with E-state index in [4.69, 9.17) is 0 Å². The van der Waals surface area contributed by atoms with Crippen LogP contribution in [-0.2, 0) is 11.3 Å². The van der Waals surface area contributed by atoms with E-state index in [0.717, 1.165) is 34.0 Å². The summed E-state index contributed by atoms with van der Waals surface area (Å²) in [6.07, 6.45) is 8.57. The van der Waals surface area contributed by atoms with Crippen LogP contribution in [0.15, 0.2) is 49.1 Å². The molecule has 0 spiro atoms. The highest BCUT2D eigenvalue weighted by atomic mass is 16.1. The lowest BCUT2D eigenvalue weighted by Gasteiger charge is -2.09. The van der Waals surface area contributed by atoms with Crippen molar-refractivity contribution in [3.63, 3.8) is 0 Å². The number of hydrogen-bond acceptors (Lipinski definition) is 7. The molecule has 8 heteroatoms. The number of pyridine rings is 2. The molecule has 0 radical (unpaired) electrons. The van der Waals surface area contributed by atoms with E-state index < -0.39 is 0 Å². The van der Waals surface area contributed by atoms with Crippen molar-refractivity contribution in [2.75, 3.05) is 5.32 Å². The Hall–Kier alpha value is -3.68. The van der Waals surface area contributed by atoms with Gasteiger partial charge in [0.25, 0.3) is 0 Å². The molecule has 0 aliphatic rings. The van der Waals surface area contributed by atoms with Crippen LogP contribution in [0.3, 0.4) is 0 Å². The van der Waals surface area contributed by atoms with Crippen LogP contribution in [0.5, 0.6) is 0 Å². The Balaban J connectivity index is 1.60. The zero-order valence-electron chi connectivity index (χ0n) is 16.3. The van der Waals surface area contributed by atoms with Crippen LogP contribution in [0.2, 0.25) is 0 Å². The van der Waals surface area contributed by atoms with Gasteiger partial charge in [-0.05, 0) is 35.7 Å². The number of carbonyl (C=O) groups is 1. The summed E-state index contributed by atoms with van der Waals surface area (Å²) in [4.78, 5) is 19.7. The summed E-state index contributed by atoms with van der Waals surface area (Å²) in [5, 5.41) is 15.7. The molecule has 4 aromatic rings. The van der Waals surface area contributed by atoms with E-state index in [9.17, 15) is 4.79 Å². The number of aromatic nitrogens is 6. The zero-order valence-corrected chi connectivity index (χ0v) is 16.3. The maximum atomic E-state index is 10.5. The molecule has 0 aliphatic carbocycles. The molecule has 0 atom stereocenters. The van der Waals surface area contributed by atoms with Crippen molar-refractivity contribution in [2.45, 2.75) is 32.7 Å². The van der Waals surface area contributed by atoms with Gasteiger partial charge in [-0.3, -0.25) is 9.67 Å². The summed E-state index contributed by atoms with van der Waals surface area (Å²) < 4.78 is 1.75. The Morgan fingerprint density at radius 2 is 1.97 bits per heavy atom. The molecule has 8 nitrogen and oxygen atoms in total. The van der Waals surface area contributed by atoms with Crippen LogP contribution in [0.1, 0.15) is 31.7 Å². The molecular weight excluding hydrogens is 366 g/mol. The third-order valence-corrected chi connectivity index (χ3v) is 4.58. The number of fused-ring (bicyclic) bond motifs is 1. The van der Waals surface area contributed by atoms with E-state index in [1.807, 2.05) is 30.5 Å². The molecule has 146 valence electrons.